The number of hydrogen-bond donors (Lipinski definition) is 5. The molecule has 2 aliphatic rings. The molecule has 3 aromatic rings. The largest absolute Gasteiger partial charge is 0.398 e. The van der Waals surface area contributed by atoms with E-state index in [9.17, 15) is 15.3 Å². The second-order valence-electron chi connectivity index (χ2n) is 11.8. The Balaban J connectivity index is 1.84. The number of halogens is 2. The number of anilines is 4. The van der Waals surface area contributed by atoms with Crippen LogP contribution in [-0.4, -0.2) is 76.6 Å². The zero-order valence-electron chi connectivity index (χ0n) is 26.0. The number of amidine groups is 1. The molecule has 0 aliphatic carbocycles. The van der Waals surface area contributed by atoms with Crippen molar-refractivity contribution < 1.29 is 18.7 Å². The molecule has 5 rings (SSSR count). The molecular formula is C33H38F2N8O2. The number of amides is 1. The Morgan fingerprint density at radius 1 is 1.13 bits per heavy atom. The zero-order valence-corrected chi connectivity index (χ0v) is 26.0. The summed E-state index contributed by atoms with van der Waals surface area (Å²) in [5.41, 5.74) is 7.82. The van der Waals surface area contributed by atoms with E-state index in [0.29, 0.717) is 16.8 Å². The smallest absolute Gasteiger partial charge is 0.246 e. The summed E-state index contributed by atoms with van der Waals surface area (Å²) in [6, 6.07) is 4.23. The van der Waals surface area contributed by atoms with Gasteiger partial charge in [0.15, 0.2) is 11.6 Å². The van der Waals surface area contributed by atoms with Crippen molar-refractivity contribution in [3.05, 3.63) is 76.6 Å². The van der Waals surface area contributed by atoms with Gasteiger partial charge < -0.3 is 36.3 Å². The van der Waals surface area contributed by atoms with Gasteiger partial charge in [-0.15, -0.1) is 0 Å². The van der Waals surface area contributed by atoms with Crippen LogP contribution in [0.3, 0.4) is 0 Å². The number of nitrogen functional groups attached to an aromatic ring is 1. The van der Waals surface area contributed by atoms with Crippen LogP contribution in [0.25, 0.3) is 11.1 Å². The van der Waals surface area contributed by atoms with E-state index in [1.807, 2.05) is 6.92 Å². The fourth-order valence-corrected chi connectivity index (χ4v) is 6.46. The molecule has 3 atom stereocenters. The molecule has 6 N–H and O–H groups in total. The maximum absolute atomic E-state index is 17.2. The van der Waals surface area contributed by atoms with E-state index in [1.165, 1.54) is 19.2 Å². The number of fused-ring (bicyclic) bond motifs is 2. The average molecular weight is 617 g/mol. The molecule has 1 saturated heterocycles. The first-order valence-electron chi connectivity index (χ1n) is 14.7. The molecule has 3 unspecified atom stereocenters. The number of rotatable bonds is 6. The molecule has 1 aromatic heterocycles. The summed E-state index contributed by atoms with van der Waals surface area (Å²) in [6.45, 7) is 11.2. The number of hydrogen-bond acceptors (Lipinski definition) is 8. The normalized spacial score (nSPS) is 18.6. The zero-order chi connectivity index (χ0) is 32.9. The summed E-state index contributed by atoms with van der Waals surface area (Å²) in [5, 5.41) is 31.2. The summed E-state index contributed by atoms with van der Waals surface area (Å²) in [6.07, 6.45) is 2.75. The van der Waals surface area contributed by atoms with Gasteiger partial charge in [0.25, 0.3) is 0 Å². The van der Waals surface area contributed by atoms with Crippen LogP contribution >= 0.6 is 0 Å². The lowest BCUT2D eigenvalue weighted by atomic mass is 9.90. The molecule has 1 fully saturated rings. The standard InChI is InChI=1S/C33H38F2N8O2/c1-7-23(45)42-15-20-14-41(6)32-26(33(38)43(20)13-18(42)4)31(40-29-17(3)10-11-39-30(29)19(5)44)27(34)25(28(32)35)24-16(2)8-9-22(37)21(24)12-36/h7-12,18-20,36,38,40,44H,1,13-15,37H2,2-6H3. The van der Waals surface area contributed by atoms with E-state index in [-0.39, 0.29) is 76.9 Å². The van der Waals surface area contributed by atoms with Gasteiger partial charge in [-0.25, -0.2) is 8.78 Å². The van der Waals surface area contributed by atoms with Gasteiger partial charge in [0.1, 0.15) is 5.84 Å². The van der Waals surface area contributed by atoms with Gasteiger partial charge in [-0.05, 0) is 57.0 Å². The number of carbonyl (C=O) groups is 1. The number of aliphatic hydroxyl groups excluding tert-OH is 1. The third-order valence-electron chi connectivity index (χ3n) is 8.76. The fourth-order valence-electron chi connectivity index (χ4n) is 6.46. The molecule has 3 heterocycles. The number of benzene rings is 2. The van der Waals surface area contributed by atoms with Crippen LogP contribution in [0.4, 0.5) is 31.5 Å². The molecule has 0 radical (unpaired) electrons. The molecule has 1 amide bonds. The number of carbonyl (C=O) groups excluding carboxylic acids is 1. The minimum atomic E-state index is -1.02. The number of nitrogens with two attached hydrogens (primary N) is 1. The van der Waals surface area contributed by atoms with Crippen LogP contribution in [0, 0.1) is 36.3 Å². The molecule has 0 spiro atoms. The van der Waals surface area contributed by atoms with E-state index >= 15 is 8.78 Å². The summed E-state index contributed by atoms with van der Waals surface area (Å²) in [5.74, 6) is -2.23. The number of likely N-dealkylation sites (N-methyl/N-ethyl adjacent to an activating group) is 1. The number of aromatic nitrogens is 1. The summed E-state index contributed by atoms with van der Waals surface area (Å²) in [4.78, 5) is 22.1. The van der Waals surface area contributed by atoms with Crippen LogP contribution in [0.2, 0.25) is 0 Å². The van der Waals surface area contributed by atoms with Crippen molar-refractivity contribution in [2.45, 2.75) is 45.9 Å². The molecule has 236 valence electrons. The van der Waals surface area contributed by atoms with Crippen LogP contribution in [0.5, 0.6) is 0 Å². The molecule has 45 heavy (non-hydrogen) atoms. The van der Waals surface area contributed by atoms with Gasteiger partial charge in [0.2, 0.25) is 5.91 Å². The van der Waals surface area contributed by atoms with Crippen molar-refractivity contribution in [1.82, 2.24) is 14.8 Å². The van der Waals surface area contributed by atoms with Gasteiger partial charge in [0.05, 0.1) is 46.0 Å². The lowest BCUT2D eigenvalue weighted by molar-refractivity contribution is -0.130. The van der Waals surface area contributed by atoms with Crippen molar-refractivity contribution in [2.24, 2.45) is 0 Å². The average Bonchev–Trinajstić information content (AvgIpc) is 3.10. The first-order valence-corrected chi connectivity index (χ1v) is 14.7. The number of pyridine rings is 1. The second kappa shape index (κ2) is 11.9. The van der Waals surface area contributed by atoms with Gasteiger partial charge in [-0.1, -0.05) is 12.6 Å². The second-order valence-corrected chi connectivity index (χ2v) is 11.8. The van der Waals surface area contributed by atoms with Crippen LogP contribution in [0.1, 0.15) is 47.9 Å². The van der Waals surface area contributed by atoms with Gasteiger partial charge in [-0.2, -0.15) is 0 Å². The molecule has 0 saturated carbocycles. The summed E-state index contributed by atoms with van der Waals surface area (Å²) in [7, 11) is 1.67. The topological polar surface area (TPSA) is 146 Å². The number of nitrogens with zero attached hydrogens (tertiary/aromatic N) is 4. The van der Waals surface area contributed by atoms with E-state index in [2.05, 4.69) is 16.9 Å². The Morgan fingerprint density at radius 2 is 1.84 bits per heavy atom. The van der Waals surface area contributed by atoms with E-state index in [0.717, 1.165) is 6.21 Å². The third-order valence-corrected chi connectivity index (χ3v) is 8.76. The van der Waals surface area contributed by atoms with Gasteiger partial charge in [0, 0.05) is 61.9 Å². The van der Waals surface area contributed by atoms with Crippen molar-refractivity contribution in [1.29, 1.82) is 10.8 Å². The minimum Gasteiger partial charge on any atom is -0.398 e. The van der Waals surface area contributed by atoms with Crippen LogP contribution in [-0.2, 0) is 4.79 Å². The van der Waals surface area contributed by atoms with Crippen molar-refractivity contribution in [3.63, 3.8) is 0 Å². The number of aliphatic hydroxyl groups is 1. The first-order chi connectivity index (χ1) is 21.3. The quantitative estimate of drug-likeness (QED) is 0.151. The Morgan fingerprint density at radius 3 is 2.49 bits per heavy atom. The molecule has 2 aromatic carbocycles. The van der Waals surface area contributed by atoms with E-state index in [4.69, 9.17) is 11.1 Å². The monoisotopic (exact) mass is 616 g/mol. The van der Waals surface area contributed by atoms with Gasteiger partial charge in [-0.3, -0.25) is 15.2 Å². The molecule has 12 heteroatoms. The van der Waals surface area contributed by atoms with Crippen molar-refractivity contribution in [3.8, 4) is 11.1 Å². The third kappa shape index (κ3) is 5.18. The number of nitrogens with one attached hydrogen (secondary N) is 3. The summed E-state index contributed by atoms with van der Waals surface area (Å²) >= 11 is 0. The first kappa shape index (κ1) is 31.6. The highest BCUT2D eigenvalue weighted by Crippen LogP contribution is 2.46. The highest BCUT2D eigenvalue weighted by atomic mass is 19.1. The Bertz CT molecular complexity index is 1740. The summed E-state index contributed by atoms with van der Waals surface area (Å²) < 4.78 is 34.3. The lowest BCUT2D eigenvalue weighted by Crippen LogP contribution is -2.61. The van der Waals surface area contributed by atoms with Crippen LogP contribution < -0.4 is 16.0 Å². The molecule has 2 aliphatic heterocycles. The van der Waals surface area contributed by atoms with Gasteiger partial charge >= 0.3 is 0 Å². The highest BCUT2D eigenvalue weighted by Gasteiger charge is 2.42. The van der Waals surface area contributed by atoms with Crippen molar-refractivity contribution in [2.75, 3.05) is 42.6 Å². The predicted molar refractivity (Wildman–Crippen MR) is 174 cm³/mol. The minimum absolute atomic E-state index is 0.00722. The lowest BCUT2D eigenvalue weighted by Gasteiger charge is -2.45. The molecular weight excluding hydrogens is 578 g/mol. The van der Waals surface area contributed by atoms with E-state index in [1.54, 1.807) is 53.8 Å². The molecule has 0 bridgehead atoms. The molecule has 10 nitrogen and oxygen atoms in total. The fraction of sp³-hybridized carbons (Fsp3) is 0.333. The van der Waals surface area contributed by atoms with Crippen LogP contribution in [0.15, 0.2) is 37.1 Å². The Kier molecular flexibility index (Phi) is 8.37. The maximum Gasteiger partial charge on any atom is 0.246 e. The number of piperazine rings is 1. The van der Waals surface area contributed by atoms with Crippen molar-refractivity contribution >= 4 is 40.7 Å². The Hall–Kier alpha value is -4.84. The predicted octanol–water partition coefficient (Wildman–Crippen LogP) is 4.88. The SMILES string of the molecule is C=CC(=O)N1CC2CN(C)c3c(F)c(-c4c(C)ccc(N)c4C=N)c(F)c(Nc4c(C)ccnc4C(C)O)c3C(=N)N2CC1C. The van der Waals surface area contributed by atoms with E-state index < -0.39 is 29.3 Å². The number of aryl methyl sites for hydroxylation is 2. The maximum atomic E-state index is 17.2. The highest BCUT2D eigenvalue weighted by molar-refractivity contribution is 6.10. The Labute approximate surface area is 261 Å².